The Balaban J connectivity index is 1.54. The summed E-state index contributed by atoms with van der Waals surface area (Å²) >= 11 is 0. The van der Waals surface area contributed by atoms with Crippen molar-refractivity contribution in [1.29, 1.82) is 0 Å². The van der Waals surface area contributed by atoms with Crippen molar-refractivity contribution in [3.8, 4) is 11.4 Å². The maximum atomic E-state index is 12.3. The van der Waals surface area contributed by atoms with Crippen molar-refractivity contribution in [3.63, 3.8) is 0 Å². The highest BCUT2D eigenvalue weighted by Gasteiger charge is 2.15. The summed E-state index contributed by atoms with van der Waals surface area (Å²) in [5, 5.41) is 6.84. The van der Waals surface area contributed by atoms with Gasteiger partial charge in [-0.15, -0.1) is 0 Å². The van der Waals surface area contributed by atoms with E-state index in [0.29, 0.717) is 5.69 Å². The van der Waals surface area contributed by atoms with Gasteiger partial charge in [0, 0.05) is 11.7 Å². The molecule has 0 aliphatic carbocycles. The molecule has 1 atom stereocenters. The van der Waals surface area contributed by atoms with Crippen LogP contribution in [0, 0.1) is 0 Å². The van der Waals surface area contributed by atoms with Crippen molar-refractivity contribution in [3.05, 3.63) is 66.7 Å². The molecule has 2 aromatic carbocycles. The molecule has 0 radical (unpaired) electrons. The molecule has 0 spiro atoms. The first-order valence-electron chi connectivity index (χ1n) is 8.92. The standard InChI is InChI=1S/C20H21F2N5O2/c1-14(15-3-7-17(8-4-15)27-13-23-12-24-27)26(2)11-19(28)25-16-5-9-18(10-6-16)29-20(21)22/h3-10,12-14,20H,11H2,1-2H3,(H,25,28). The minimum absolute atomic E-state index is 0.00682. The van der Waals surface area contributed by atoms with Gasteiger partial charge >= 0.3 is 6.61 Å². The molecular formula is C20H21F2N5O2. The van der Waals surface area contributed by atoms with Gasteiger partial charge in [0.25, 0.3) is 0 Å². The van der Waals surface area contributed by atoms with Gasteiger partial charge in [0.05, 0.1) is 12.2 Å². The normalized spacial score (nSPS) is 12.2. The third-order valence-electron chi connectivity index (χ3n) is 4.48. The molecule has 0 saturated carbocycles. The molecule has 0 aliphatic heterocycles. The molecule has 1 unspecified atom stereocenters. The zero-order chi connectivity index (χ0) is 20.8. The average molecular weight is 401 g/mol. The molecule has 1 heterocycles. The smallest absolute Gasteiger partial charge is 0.387 e. The molecule has 0 aliphatic rings. The second-order valence-electron chi connectivity index (χ2n) is 6.47. The van der Waals surface area contributed by atoms with Gasteiger partial charge in [-0.05, 0) is 55.9 Å². The van der Waals surface area contributed by atoms with E-state index in [1.54, 1.807) is 11.0 Å². The lowest BCUT2D eigenvalue weighted by Gasteiger charge is -2.24. The zero-order valence-electron chi connectivity index (χ0n) is 16.0. The Morgan fingerprint density at radius 3 is 2.45 bits per heavy atom. The number of anilines is 1. The third-order valence-corrected chi connectivity index (χ3v) is 4.48. The van der Waals surface area contributed by atoms with Gasteiger partial charge in [-0.3, -0.25) is 9.69 Å². The molecule has 7 nitrogen and oxygen atoms in total. The Kier molecular flexibility index (Phi) is 6.50. The van der Waals surface area contributed by atoms with Crippen LogP contribution in [0.1, 0.15) is 18.5 Å². The number of hydrogen-bond acceptors (Lipinski definition) is 5. The summed E-state index contributed by atoms with van der Waals surface area (Å²) in [5.41, 5.74) is 2.46. The molecular weight excluding hydrogens is 380 g/mol. The van der Waals surface area contributed by atoms with Crippen LogP contribution < -0.4 is 10.1 Å². The molecule has 1 N–H and O–H groups in total. The Morgan fingerprint density at radius 1 is 1.17 bits per heavy atom. The Morgan fingerprint density at radius 2 is 1.86 bits per heavy atom. The van der Waals surface area contributed by atoms with E-state index in [2.05, 4.69) is 20.1 Å². The van der Waals surface area contributed by atoms with Gasteiger partial charge in [0.1, 0.15) is 18.4 Å². The summed E-state index contributed by atoms with van der Waals surface area (Å²) in [5.74, 6) is -0.167. The topological polar surface area (TPSA) is 72.3 Å². The zero-order valence-corrected chi connectivity index (χ0v) is 16.0. The highest BCUT2D eigenvalue weighted by atomic mass is 19.3. The molecule has 3 rings (SSSR count). The predicted octanol–water partition coefficient (Wildman–Crippen LogP) is 3.50. The summed E-state index contributed by atoms with van der Waals surface area (Å²) in [7, 11) is 1.86. The molecule has 0 fully saturated rings. The molecule has 152 valence electrons. The predicted molar refractivity (Wildman–Crippen MR) is 104 cm³/mol. The number of alkyl halides is 2. The fourth-order valence-corrected chi connectivity index (χ4v) is 2.79. The van der Waals surface area contributed by atoms with Crippen LogP contribution >= 0.6 is 0 Å². The van der Waals surface area contributed by atoms with Crippen LogP contribution in [0.2, 0.25) is 0 Å². The SMILES string of the molecule is CC(c1ccc(-n2cncn2)cc1)N(C)CC(=O)Nc1ccc(OC(F)F)cc1. The number of carbonyl (C=O) groups excluding carboxylic acids is 1. The molecule has 1 amide bonds. The Bertz CT molecular complexity index is 915. The van der Waals surface area contributed by atoms with Crippen molar-refractivity contribution < 1.29 is 18.3 Å². The number of benzene rings is 2. The number of carbonyl (C=O) groups is 1. The third kappa shape index (κ3) is 5.58. The summed E-state index contributed by atoms with van der Waals surface area (Å²) in [4.78, 5) is 18.1. The van der Waals surface area contributed by atoms with Crippen LogP contribution in [0.4, 0.5) is 14.5 Å². The molecule has 29 heavy (non-hydrogen) atoms. The molecule has 1 aromatic heterocycles. The van der Waals surface area contributed by atoms with Gasteiger partial charge in [-0.2, -0.15) is 13.9 Å². The number of likely N-dealkylation sites (N-methyl/N-ethyl adjacent to an activating group) is 1. The van der Waals surface area contributed by atoms with Crippen LogP contribution in [-0.2, 0) is 4.79 Å². The van der Waals surface area contributed by atoms with Gasteiger partial charge in [-0.25, -0.2) is 9.67 Å². The van der Waals surface area contributed by atoms with Gasteiger partial charge in [-0.1, -0.05) is 12.1 Å². The number of nitrogens with one attached hydrogen (secondary N) is 1. The number of nitrogens with zero attached hydrogens (tertiary/aromatic N) is 4. The lowest BCUT2D eigenvalue weighted by Crippen LogP contribution is -2.32. The lowest BCUT2D eigenvalue weighted by atomic mass is 10.1. The number of ether oxygens (including phenoxy) is 1. The number of aromatic nitrogens is 3. The van der Waals surface area contributed by atoms with E-state index in [1.165, 1.54) is 30.6 Å². The molecule has 0 saturated heterocycles. The minimum Gasteiger partial charge on any atom is -0.435 e. The fourth-order valence-electron chi connectivity index (χ4n) is 2.79. The number of halogens is 2. The quantitative estimate of drug-likeness (QED) is 0.626. The van der Waals surface area contributed by atoms with Crippen molar-refractivity contribution in [2.75, 3.05) is 18.9 Å². The first-order valence-corrected chi connectivity index (χ1v) is 8.92. The summed E-state index contributed by atoms with van der Waals surface area (Å²) in [6, 6.07) is 13.6. The average Bonchev–Trinajstić information content (AvgIpc) is 3.23. The van der Waals surface area contributed by atoms with Crippen molar-refractivity contribution in [1.82, 2.24) is 19.7 Å². The van der Waals surface area contributed by atoms with Gasteiger partial charge in [0.2, 0.25) is 5.91 Å². The molecule has 9 heteroatoms. The second kappa shape index (κ2) is 9.24. The second-order valence-corrected chi connectivity index (χ2v) is 6.47. The fraction of sp³-hybridized carbons (Fsp3) is 0.250. The number of amides is 1. The van der Waals surface area contributed by atoms with Crippen LogP contribution in [-0.4, -0.2) is 45.8 Å². The van der Waals surface area contributed by atoms with Crippen molar-refractivity contribution in [2.45, 2.75) is 19.6 Å². The van der Waals surface area contributed by atoms with E-state index < -0.39 is 6.61 Å². The maximum Gasteiger partial charge on any atom is 0.387 e. The van der Waals surface area contributed by atoms with E-state index in [1.807, 2.05) is 43.1 Å². The highest BCUT2D eigenvalue weighted by molar-refractivity contribution is 5.92. The largest absolute Gasteiger partial charge is 0.435 e. The minimum atomic E-state index is -2.88. The van der Waals surface area contributed by atoms with E-state index in [4.69, 9.17) is 0 Å². The van der Waals surface area contributed by atoms with Gasteiger partial charge < -0.3 is 10.1 Å². The summed E-state index contributed by atoms with van der Waals surface area (Å²) < 4.78 is 30.3. The van der Waals surface area contributed by atoms with E-state index in [0.717, 1.165) is 11.3 Å². The Hall–Kier alpha value is -3.33. The first-order chi connectivity index (χ1) is 13.9. The highest BCUT2D eigenvalue weighted by Crippen LogP contribution is 2.21. The first kappa shape index (κ1) is 20.4. The maximum absolute atomic E-state index is 12.3. The van der Waals surface area contributed by atoms with Crippen molar-refractivity contribution >= 4 is 11.6 Å². The number of rotatable bonds is 8. The van der Waals surface area contributed by atoms with E-state index in [9.17, 15) is 13.6 Å². The number of hydrogen-bond donors (Lipinski definition) is 1. The van der Waals surface area contributed by atoms with Crippen LogP contribution in [0.5, 0.6) is 5.75 Å². The summed E-state index contributed by atoms with van der Waals surface area (Å²) in [6.07, 6.45) is 3.10. The molecule has 3 aromatic rings. The van der Waals surface area contributed by atoms with Crippen LogP contribution in [0.15, 0.2) is 61.2 Å². The van der Waals surface area contributed by atoms with E-state index >= 15 is 0 Å². The monoisotopic (exact) mass is 401 g/mol. The molecule has 0 bridgehead atoms. The van der Waals surface area contributed by atoms with Crippen LogP contribution in [0.25, 0.3) is 5.69 Å². The van der Waals surface area contributed by atoms with Crippen molar-refractivity contribution in [2.24, 2.45) is 0 Å². The van der Waals surface area contributed by atoms with Gasteiger partial charge in [0.15, 0.2) is 0 Å². The lowest BCUT2D eigenvalue weighted by molar-refractivity contribution is -0.117. The Labute approximate surface area is 166 Å². The van der Waals surface area contributed by atoms with Crippen LogP contribution in [0.3, 0.4) is 0 Å². The summed E-state index contributed by atoms with van der Waals surface area (Å²) in [6.45, 7) is -0.703. The van der Waals surface area contributed by atoms with E-state index in [-0.39, 0.29) is 24.2 Å².